The fourth-order valence-corrected chi connectivity index (χ4v) is 2.09. The van der Waals surface area contributed by atoms with Crippen LogP contribution in [0.4, 0.5) is 0 Å². The molecule has 4 heteroatoms. The maximum absolute atomic E-state index is 11.6. The Bertz CT molecular complexity index is 374. The van der Waals surface area contributed by atoms with Gasteiger partial charge in [-0.25, -0.2) is 0 Å². The molecule has 4 nitrogen and oxygen atoms in total. The van der Waals surface area contributed by atoms with Crippen LogP contribution in [0.15, 0.2) is 30.3 Å². The van der Waals surface area contributed by atoms with Crippen molar-refractivity contribution >= 4 is 5.91 Å². The van der Waals surface area contributed by atoms with Crippen molar-refractivity contribution in [2.45, 2.75) is 19.3 Å². The average Bonchev–Trinajstić information content (AvgIpc) is 2.47. The Balaban J connectivity index is 1.57. The van der Waals surface area contributed by atoms with E-state index in [0.29, 0.717) is 25.5 Å². The largest absolute Gasteiger partial charge is 0.493 e. The normalized spacial score (nSPS) is 18.8. The van der Waals surface area contributed by atoms with E-state index < -0.39 is 0 Å². The molecule has 0 bridgehead atoms. The minimum absolute atomic E-state index is 0.0431. The molecule has 1 N–H and O–H groups in total. The molecule has 1 aliphatic rings. The van der Waals surface area contributed by atoms with Crippen molar-refractivity contribution in [2.24, 2.45) is 5.92 Å². The zero-order valence-corrected chi connectivity index (χ0v) is 11.1. The number of rotatable bonds is 6. The first-order chi connectivity index (χ1) is 9.34. The van der Waals surface area contributed by atoms with Crippen molar-refractivity contribution in [3.05, 3.63) is 30.3 Å². The van der Waals surface area contributed by atoms with Gasteiger partial charge in [-0.15, -0.1) is 0 Å². The Morgan fingerprint density at radius 2 is 2.21 bits per heavy atom. The van der Waals surface area contributed by atoms with Crippen LogP contribution < -0.4 is 10.1 Å². The number of benzene rings is 1. The molecular formula is C15H21NO3. The molecule has 0 aliphatic carbocycles. The number of para-hydroxylation sites is 1. The van der Waals surface area contributed by atoms with Crippen LogP contribution in [0.25, 0.3) is 0 Å². The number of carbonyl (C=O) groups is 1. The van der Waals surface area contributed by atoms with Crippen LogP contribution in [-0.4, -0.2) is 32.3 Å². The molecule has 1 fully saturated rings. The lowest BCUT2D eigenvalue weighted by molar-refractivity contribution is -0.122. The summed E-state index contributed by atoms with van der Waals surface area (Å²) in [6.45, 7) is 2.75. The monoisotopic (exact) mass is 263 g/mol. The Labute approximate surface area is 114 Å². The number of amides is 1. The minimum atomic E-state index is 0.0431. The summed E-state index contributed by atoms with van der Waals surface area (Å²) in [4.78, 5) is 11.6. The molecule has 1 amide bonds. The zero-order chi connectivity index (χ0) is 13.3. The Kier molecular flexibility index (Phi) is 5.69. The SMILES string of the molecule is O=C(CCOc1ccccc1)NCC1CCCOC1. The van der Waals surface area contributed by atoms with E-state index in [2.05, 4.69) is 5.32 Å². The lowest BCUT2D eigenvalue weighted by atomic mass is 10.0. The summed E-state index contributed by atoms with van der Waals surface area (Å²) in [5.74, 6) is 1.31. The fraction of sp³-hybridized carbons (Fsp3) is 0.533. The molecular weight excluding hydrogens is 242 g/mol. The van der Waals surface area contributed by atoms with Crippen molar-refractivity contribution in [2.75, 3.05) is 26.4 Å². The molecule has 1 aromatic rings. The summed E-state index contributed by atoms with van der Waals surface area (Å²) in [6.07, 6.45) is 2.63. The molecule has 104 valence electrons. The number of hydrogen-bond acceptors (Lipinski definition) is 3. The van der Waals surface area contributed by atoms with E-state index in [0.717, 1.165) is 31.8 Å². The van der Waals surface area contributed by atoms with Crippen LogP contribution in [0.3, 0.4) is 0 Å². The third kappa shape index (κ3) is 5.30. The van der Waals surface area contributed by atoms with E-state index in [1.807, 2.05) is 30.3 Å². The maximum Gasteiger partial charge on any atom is 0.223 e. The summed E-state index contributed by atoms with van der Waals surface area (Å²) >= 11 is 0. The first-order valence-electron chi connectivity index (χ1n) is 6.87. The number of nitrogens with one attached hydrogen (secondary N) is 1. The van der Waals surface area contributed by atoms with E-state index in [-0.39, 0.29) is 5.91 Å². The van der Waals surface area contributed by atoms with Crippen LogP contribution in [0.2, 0.25) is 0 Å². The molecule has 0 aromatic heterocycles. The topological polar surface area (TPSA) is 47.6 Å². The van der Waals surface area contributed by atoms with Gasteiger partial charge in [-0.05, 0) is 30.9 Å². The van der Waals surface area contributed by atoms with E-state index in [1.165, 1.54) is 0 Å². The van der Waals surface area contributed by atoms with Gasteiger partial charge in [-0.2, -0.15) is 0 Å². The summed E-state index contributed by atoms with van der Waals surface area (Å²) in [6, 6.07) is 9.54. The average molecular weight is 263 g/mol. The van der Waals surface area contributed by atoms with Gasteiger partial charge >= 0.3 is 0 Å². The zero-order valence-electron chi connectivity index (χ0n) is 11.1. The highest BCUT2D eigenvalue weighted by Crippen LogP contribution is 2.12. The maximum atomic E-state index is 11.6. The summed E-state index contributed by atoms with van der Waals surface area (Å²) in [7, 11) is 0. The second kappa shape index (κ2) is 7.79. The second-order valence-electron chi connectivity index (χ2n) is 4.80. The summed E-state index contributed by atoms with van der Waals surface area (Å²) < 4.78 is 10.9. The van der Waals surface area contributed by atoms with Crippen LogP contribution in [0, 0.1) is 5.92 Å². The van der Waals surface area contributed by atoms with Gasteiger partial charge in [0.15, 0.2) is 0 Å². The van der Waals surface area contributed by atoms with Gasteiger partial charge in [0.1, 0.15) is 5.75 Å². The quantitative estimate of drug-likeness (QED) is 0.854. The first kappa shape index (κ1) is 13.9. The van der Waals surface area contributed by atoms with Crippen LogP contribution in [-0.2, 0) is 9.53 Å². The molecule has 1 heterocycles. The molecule has 1 atom stereocenters. The van der Waals surface area contributed by atoms with E-state index >= 15 is 0 Å². The van der Waals surface area contributed by atoms with Crippen molar-refractivity contribution < 1.29 is 14.3 Å². The highest BCUT2D eigenvalue weighted by atomic mass is 16.5. The highest BCUT2D eigenvalue weighted by Gasteiger charge is 2.14. The summed E-state index contributed by atoms with van der Waals surface area (Å²) in [5, 5.41) is 2.94. The van der Waals surface area contributed by atoms with Gasteiger partial charge in [0.25, 0.3) is 0 Å². The van der Waals surface area contributed by atoms with Gasteiger partial charge < -0.3 is 14.8 Å². The van der Waals surface area contributed by atoms with Gasteiger partial charge in [0.05, 0.1) is 19.6 Å². The van der Waals surface area contributed by atoms with Crippen LogP contribution >= 0.6 is 0 Å². The van der Waals surface area contributed by atoms with Crippen molar-refractivity contribution in [3.8, 4) is 5.75 Å². The van der Waals surface area contributed by atoms with Crippen molar-refractivity contribution in [1.82, 2.24) is 5.32 Å². The fourth-order valence-electron chi connectivity index (χ4n) is 2.09. The van der Waals surface area contributed by atoms with Gasteiger partial charge in [0, 0.05) is 13.2 Å². The molecule has 2 rings (SSSR count). The van der Waals surface area contributed by atoms with E-state index in [4.69, 9.17) is 9.47 Å². The standard InChI is InChI=1S/C15H21NO3/c17-15(16-11-13-5-4-9-18-12-13)8-10-19-14-6-2-1-3-7-14/h1-3,6-7,13H,4-5,8-12H2,(H,16,17). The van der Waals surface area contributed by atoms with Crippen molar-refractivity contribution in [1.29, 1.82) is 0 Å². The van der Waals surface area contributed by atoms with Crippen LogP contribution in [0.5, 0.6) is 5.75 Å². The first-order valence-corrected chi connectivity index (χ1v) is 6.87. The van der Waals surface area contributed by atoms with E-state index in [9.17, 15) is 4.79 Å². The third-order valence-electron chi connectivity index (χ3n) is 3.18. The number of carbonyl (C=O) groups excluding carboxylic acids is 1. The smallest absolute Gasteiger partial charge is 0.223 e. The number of ether oxygens (including phenoxy) is 2. The van der Waals surface area contributed by atoms with Gasteiger partial charge in [0.2, 0.25) is 5.91 Å². The Morgan fingerprint density at radius 1 is 1.37 bits per heavy atom. The predicted molar refractivity (Wildman–Crippen MR) is 73.1 cm³/mol. The Morgan fingerprint density at radius 3 is 2.95 bits per heavy atom. The lowest BCUT2D eigenvalue weighted by Gasteiger charge is -2.22. The Hall–Kier alpha value is -1.55. The van der Waals surface area contributed by atoms with E-state index in [1.54, 1.807) is 0 Å². The summed E-state index contributed by atoms with van der Waals surface area (Å²) in [5.41, 5.74) is 0. The predicted octanol–water partition coefficient (Wildman–Crippen LogP) is 2.00. The third-order valence-corrected chi connectivity index (χ3v) is 3.18. The highest BCUT2D eigenvalue weighted by molar-refractivity contribution is 5.75. The molecule has 1 aromatic carbocycles. The molecule has 0 radical (unpaired) electrons. The van der Waals surface area contributed by atoms with Crippen molar-refractivity contribution in [3.63, 3.8) is 0 Å². The molecule has 1 saturated heterocycles. The minimum Gasteiger partial charge on any atom is -0.493 e. The van der Waals surface area contributed by atoms with Gasteiger partial charge in [-0.3, -0.25) is 4.79 Å². The molecule has 0 saturated carbocycles. The lowest BCUT2D eigenvalue weighted by Crippen LogP contribution is -2.33. The number of hydrogen-bond donors (Lipinski definition) is 1. The molecule has 19 heavy (non-hydrogen) atoms. The molecule has 1 unspecified atom stereocenters. The molecule has 1 aliphatic heterocycles. The molecule has 0 spiro atoms. The van der Waals surface area contributed by atoms with Gasteiger partial charge in [-0.1, -0.05) is 18.2 Å². The van der Waals surface area contributed by atoms with Crippen LogP contribution in [0.1, 0.15) is 19.3 Å². The second-order valence-corrected chi connectivity index (χ2v) is 4.80.